The van der Waals surface area contributed by atoms with Crippen molar-refractivity contribution in [3.05, 3.63) is 51.7 Å². The zero-order valence-corrected chi connectivity index (χ0v) is 17.0. The number of hydrogen-bond acceptors (Lipinski definition) is 4. The van der Waals surface area contributed by atoms with Gasteiger partial charge in [-0.1, -0.05) is 23.7 Å². The van der Waals surface area contributed by atoms with Crippen molar-refractivity contribution in [3.63, 3.8) is 0 Å². The lowest BCUT2D eigenvalue weighted by atomic mass is 10.2. The summed E-state index contributed by atoms with van der Waals surface area (Å²) in [5.41, 5.74) is 0.641. The largest absolute Gasteiger partial charge is 0.341 e. The minimum absolute atomic E-state index is 0.000646. The Hall–Kier alpha value is -2.38. The van der Waals surface area contributed by atoms with Gasteiger partial charge in [-0.2, -0.15) is 0 Å². The number of nitrogens with one attached hydrogen (secondary N) is 1. The van der Waals surface area contributed by atoms with E-state index in [2.05, 4.69) is 5.32 Å². The van der Waals surface area contributed by atoms with Gasteiger partial charge in [-0.25, -0.2) is 4.79 Å². The number of rotatable bonds is 5. The van der Waals surface area contributed by atoms with E-state index in [1.807, 2.05) is 11.4 Å². The minimum atomic E-state index is -0.204. The lowest BCUT2D eigenvalue weighted by Crippen LogP contribution is -2.39. The van der Waals surface area contributed by atoms with E-state index >= 15 is 0 Å². The summed E-state index contributed by atoms with van der Waals surface area (Å²) >= 11 is 7.34. The molecule has 1 aromatic carbocycles. The second kappa shape index (κ2) is 9.71. The van der Waals surface area contributed by atoms with Crippen LogP contribution in [0.3, 0.4) is 0 Å². The Labute approximate surface area is 173 Å². The number of nitrogens with zero attached hydrogens (tertiary/aromatic N) is 2. The molecule has 0 radical (unpaired) electrons. The van der Waals surface area contributed by atoms with Gasteiger partial charge in [0.05, 0.1) is 4.88 Å². The highest BCUT2D eigenvalue weighted by Gasteiger charge is 2.22. The maximum atomic E-state index is 12.5. The number of ketones is 1. The molecule has 0 aliphatic carbocycles. The first-order valence-electron chi connectivity index (χ1n) is 9.19. The fourth-order valence-electron chi connectivity index (χ4n) is 3.08. The lowest BCUT2D eigenvalue weighted by Gasteiger charge is -2.22. The molecular formula is C20H22ClN3O3S. The predicted molar refractivity (Wildman–Crippen MR) is 111 cm³/mol. The quantitative estimate of drug-likeness (QED) is 0.741. The van der Waals surface area contributed by atoms with E-state index < -0.39 is 0 Å². The van der Waals surface area contributed by atoms with Crippen molar-refractivity contribution >= 4 is 46.3 Å². The van der Waals surface area contributed by atoms with Crippen molar-refractivity contribution < 1.29 is 14.4 Å². The summed E-state index contributed by atoms with van der Waals surface area (Å²) in [6.07, 6.45) is 1.12. The molecule has 1 aromatic heterocycles. The molecule has 148 valence electrons. The van der Waals surface area contributed by atoms with E-state index in [4.69, 9.17) is 11.6 Å². The van der Waals surface area contributed by atoms with Gasteiger partial charge in [0.1, 0.15) is 0 Å². The molecule has 1 aliphatic heterocycles. The molecule has 0 spiro atoms. The number of carbonyl (C=O) groups excluding carboxylic acids is 3. The van der Waals surface area contributed by atoms with Crippen LogP contribution in [0, 0.1) is 0 Å². The number of amides is 3. The van der Waals surface area contributed by atoms with Crippen molar-refractivity contribution in [2.75, 3.05) is 31.5 Å². The molecule has 3 rings (SSSR count). The zero-order valence-electron chi connectivity index (χ0n) is 15.4. The Kier molecular flexibility index (Phi) is 7.06. The van der Waals surface area contributed by atoms with Gasteiger partial charge in [-0.15, -0.1) is 11.3 Å². The molecule has 0 bridgehead atoms. The standard InChI is InChI=1S/C20H22ClN3O3S/c21-15-4-1-5-16(14-15)22-20(27)24-10-3-9-23(11-12-24)19(26)8-7-17(25)18-6-2-13-28-18/h1-2,4-6,13-14H,3,7-12H2,(H,22,27). The SMILES string of the molecule is O=C(CCC(=O)N1CCCN(C(=O)Nc2cccc(Cl)c2)CC1)c1cccs1. The van der Waals surface area contributed by atoms with Crippen LogP contribution in [0.5, 0.6) is 0 Å². The van der Waals surface area contributed by atoms with Crippen LogP contribution in [0.25, 0.3) is 0 Å². The van der Waals surface area contributed by atoms with Gasteiger partial charge in [0, 0.05) is 49.7 Å². The normalized spacial score (nSPS) is 14.5. The van der Waals surface area contributed by atoms with Gasteiger partial charge in [0.2, 0.25) is 5.91 Å². The van der Waals surface area contributed by atoms with Crippen LogP contribution in [0.2, 0.25) is 5.02 Å². The number of Topliss-reactive ketones (excluding diaryl/α,β-unsaturated/α-hetero) is 1. The predicted octanol–water partition coefficient (Wildman–Crippen LogP) is 4.13. The molecule has 1 aliphatic rings. The Morgan fingerprint density at radius 2 is 1.79 bits per heavy atom. The summed E-state index contributed by atoms with van der Waals surface area (Å²) in [5.74, 6) is -0.0392. The van der Waals surface area contributed by atoms with E-state index in [0.29, 0.717) is 48.2 Å². The summed E-state index contributed by atoms with van der Waals surface area (Å²) in [6, 6.07) is 10.4. The summed E-state index contributed by atoms with van der Waals surface area (Å²) in [4.78, 5) is 41.2. The molecule has 0 unspecified atom stereocenters. The Morgan fingerprint density at radius 3 is 2.54 bits per heavy atom. The third kappa shape index (κ3) is 5.56. The average molecular weight is 420 g/mol. The molecule has 1 N–H and O–H groups in total. The minimum Gasteiger partial charge on any atom is -0.341 e. The number of halogens is 1. The molecule has 2 heterocycles. The maximum absolute atomic E-state index is 12.5. The topological polar surface area (TPSA) is 69.7 Å². The van der Waals surface area contributed by atoms with Crippen molar-refractivity contribution in [2.24, 2.45) is 0 Å². The van der Waals surface area contributed by atoms with Gasteiger partial charge in [0.15, 0.2) is 5.78 Å². The molecule has 1 saturated heterocycles. The van der Waals surface area contributed by atoms with Gasteiger partial charge in [-0.05, 0) is 36.1 Å². The number of benzene rings is 1. The summed E-state index contributed by atoms with van der Waals surface area (Å²) < 4.78 is 0. The first-order valence-corrected chi connectivity index (χ1v) is 10.4. The Bertz CT molecular complexity index is 841. The van der Waals surface area contributed by atoms with E-state index in [1.54, 1.807) is 40.1 Å². The maximum Gasteiger partial charge on any atom is 0.321 e. The highest BCUT2D eigenvalue weighted by atomic mass is 35.5. The van der Waals surface area contributed by atoms with Gasteiger partial charge in [0.25, 0.3) is 0 Å². The Balaban J connectivity index is 1.47. The van der Waals surface area contributed by atoms with Crippen LogP contribution in [0.15, 0.2) is 41.8 Å². The third-order valence-corrected chi connectivity index (χ3v) is 5.72. The number of thiophene rings is 1. The first kappa shape index (κ1) is 20.4. The monoisotopic (exact) mass is 419 g/mol. The fourth-order valence-corrected chi connectivity index (χ4v) is 3.96. The molecule has 2 aromatic rings. The van der Waals surface area contributed by atoms with Crippen LogP contribution in [0.4, 0.5) is 10.5 Å². The van der Waals surface area contributed by atoms with Crippen molar-refractivity contribution in [1.82, 2.24) is 9.80 Å². The number of urea groups is 1. The highest BCUT2D eigenvalue weighted by molar-refractivity contribution is 7.12. The molecule has 3 amide bonds. The van der Waals surface area contributed by atoms with Crippen molar-refractivity contribution in [3.8, 4) is 0 Å². The average Bonchev–Trinajstić information content (AvgIpc) is 3.10. The molecular weight excluding hydrogens is 398 g/mol. The smallest absolute Gasteiger partial charge is 0.321 e. The zero-order chi connectivity index (χ0) is 19.9. The first-order chi connectivity index (χ1) is 13.5. The van der Waals surface area contributed by atoms with Gasteiger partial charge < -0.3 is 15.1 Å². The van der Waals surface area contributed by atoms with Gasteiger partial charge >= 0.3 is 6.03 Å². The molecule has 0 atom stereocenters. The third-order valence-electron chi connectivity index (χ3n) is 4.57. The Morgan fingerprint density at radius 1 is 1.00 bits per heavy atom. The van der Waals surface area contributed by atoms with Crippen LogP contribution in [0.1, 0.15) is 28.9 Å². The van der Waals surface area contributed by atoms with E-state index in [-0.39, 0.29) is 30.6 Å². The van der Waals surface area contributed by atoms with Crippen LogP contribution >= 0.6 is 22.9 Å². The summed E-state index contributed by atoms with van der Waals surface area (Å²) in [7, 11) is 0. The molecule has 6 nitrogen and oxygen atoms in total. The van der Waals surface area contributed by atoms with Crippen LogP contribution in [-0.4, -0.2) is 53.7 Å². The number of hydrogen-bond donors (Lipinski definition) is 1. The number of carbonyl (C=O) groups is 3. The van der Waals surface area contributed by atoms with Gasteiger partial charge in [-0.3, -0.25) is 9.59 Å². The highest BCUT2D eigenvalue weighted by Crippen LogP contribution is 2.17. The summed E-state index contributed by atoms with van der Waals surface area (Å²) in [5, 5.41) is 5.25. The van der Waals surface area contributed by atoms with Crippen molar-refractivity contribution in [1.29, 1.82) is 0 Å². The molecule has 1 fully saturated rings. The fraction of sp³-hybridized carbons (Fsp3) is 0.350. The number of anilines is 1. The molecule has 8 heteroatoms. The lowest BCUT2D eigenvalue weighted by molar-refractivity contribution is -0.131. The second-order valence-electron chi connectivity index (χ2n) is 6.56. The molecule has 0 saturated carbocycles. The van der Waals surface area contributed by atoms with Crippen molar-refractivity contribution in [2.45, 2.75) is 19.3 Å². The van der Waals surface area contributed by atoms with E-state index in [0.717, 1.165) is 0 Å². The second-order valence-corrected chi connectivity index (χ2v) is 7.95. The van der Waals surface area contributed by atoms with Crippen LogP contribution < -0.4 is 5.32 Å². The van der Waals surface area contributed by atoms with E-state index in [9.17, 15) is 14.4 Å². The molecule has 28 heavy (non-hydrogen) atoms. The van der Waals surface area contributed by atoms with E-state index in [1.165, 1.54) is 11.3 Å². The van der Waals surface area contributed by atoms with Crippen LogP contribution in [-0.2, 0) is 4.79 Å². The summed E-state index contributed by atoms with van der Waals surface area (Å²) in [6.45, 7) is 2.09.